The number of carbonyl (C=O) groups excluding carboxylic acids is 1. The molecule has 31 heavy (non-hydrogen) atoms. The number of hydrogen-bond acceptors (Lipinski definition) is 7. The van der Waals surface area contributed by atoms with Gasteiger partial charge in [0.05, 0.1) is 11.7 Å². The highest BCUT2D eigenvalue weighted by Gasteiger charge is 2.38. The molecule has 1 aromatic rings. The van der Waals surface area contributed by atoms with Gasteiger partial charge in [-0.3, -0.25) is 4.79 Å². The van der Waals surface area contributed by atoms with E-state index < -0.39 is 12.1 Å². The van der Waals surface area contributed by atoms with Crippen LogP contribution in [-0.2, 0) is 9.59 Å². The van der Waals surface area contributed by atoms with E-state index in [-0.39, 0.29) is 11.9 Å². The fraction of sp³-hybridized carbons (Fsp3) is 0.526. The first-order chi connectivity index (χ1) is 14.5. The fourth-order valence-corrected chi connectivity index (χ4v) is 3.30. The third-order valence-corrected chi connectivity index (χ3v) is 5.09. The van der Waals surface area contributed by atoms with Crippen molar-refractivity contribution in [1.29, 1.82) is 0 Å². The van der Waals surface area contributed by atoms with Crippen molar-refractivity contribution in [3.63, 3.8) is 0 Å². The van der Waals surface area contributed by atoms with Gasteiger partial charge in [0.2, 0.25) is 0 Å². The minimum atomic E-state index is -5.08. The van der Waals surface area contributed by atoms with Gasteiger partial charge in [-0.1, -0.05) is 13.8 Å². The Kier molecular flexibility index (Phi) is 6.30. The number of rotatable bonds is 3. The molecule has 3 heterocycles. The second kappa shape index (κ2) is 8.61. The van der Waals surface area contributed by atoms with Crippen molar-refractivity contribution in [2.75, 3.05) is 29.9 Å². The first-order valence-corrected chi connectivity index (χ1v) is 9.72. The molecule has 1 amide bonds. The first kappa shape index (κ1) is 22.7. The number of aliphatic carboxylic acids is 1. The summed E-state index contributed by atoms with van der Waals surface area (Å²) < 4.78 is 37.6. The number of hydrogen-bond donors (Lipinski definition) is 4. The zero-order valence-corrected chi connectivity index (χ0v) is 17.2. The van der Waals surface area contributed by atoms with E-state index in [9.17, 15) is 18.0 Å². The van der Waals surface area contributed by atoms with E-state index in [1.807, 2.05) is 11.8 Å². The molecule has 0 saturated carbocycles. The Morgan fingerprint density at radius 1 is 1.35 bits per heavy atom. The molecule has 1 aromatic carbocycles. The van der Waals surface area contributed by atoms with E-state index in [1.54, 1.807) is 0 Å². The first-order valence-electron chi connectivity index (χ1n) is 9.72. The zero-order valence-electron chi connectivity index (χ0n) is 17.2. The van der Waals surface area contributed by atoms with Crippen LogP contribution in [0.15, 0.2) is 17.2 Å². The highest BCUT2D eigenvalue weighted by Crippen LogP contribution is 2.41. The van der Waals surface area contributed by atoms with Gasteiger partial charge in [0.15, 0.2) is 5.84 Å². The summed E-state index contributed by atoms with van der Waals surface area (Å²) in [5, 5.41) is 18.2. The molecule has 4 rings (SSSR count). The number of carbonyl (C=O) groups is 2. The summed E-state index contributed by atoms with van der Waals surface area (Å²) in [6, 6.07) is 4.35. The van der Waals surface area contributed by atoms with Gasteiger partial charge in [-0.2, -0.15) is 18.3 Å². The highest BCUT2D eigenvalue weighted by molar-refractivity contribution is 6.09. The van der Waals surface area contributed by atoms with Crippen LogP contribution in [0.2, 0.25) is 0 Å². The molecule has 0 spiro atoms. The number of nitrogens with zero attached hydrogens (tertiary/aromatic N) is 2. The van der Waals surface area contributed by atoms with E-state index in [2.05, 4.69) is 47.1 Å². The monoisotopic (exact) mass is 443 g/mol. The number of hydrazone groups is 1. The lowest BCUT2D eigenvalue weighted by Crippen LogP contribution is -2.55. The van der Waals surface area contributed by atoms with Crippen molar-refractivity contribution in [2.24, 2.45) is 5.10 Å². The summed E-state index contributed by atoms with van der Waals surface area (Å²) in [6.07, 6.45) is -5.08. The smallest absolute Gasteiger partial charge is 0.483 e. The van der Waals surface area contributed by atoms with Crippen molar-refractivity contribution in [2.45, 2.75) is 44.9 Å². The molecule has 0 bridgehead atoms. The average molecular weight is 443 g/mol. The standard InChI is InChI=1S/C17H23N5O2.C2HF3O2/c1-9(2)12-4-15-14(5-13(12)19-11-6-18-7-11)22-10(3)17(23)21-20-16(22)8-24-15;3-2(4,5)1(6)7/h4-5,9-11,18-19H,6-8H2,1-3H3,(H,21,23);(H,6,7). The van der Waals surface area contributed by atoms with Crippen molar-refractivity contribution >= 4 is 29.1 Å². The van der Waals surface area contributed by atoms with E-state index in [0.717, 1.165) is 36.0 Å². The Morgan fingerprint density at radius 2 is 2.00 bits per heavy atom. The van der Waals surface area contributed by atoms with E-state index >= 15 is 0 Å². The Labute approximate surface area is 176 Å². The summed E-state index contributed by atoms with van der Waals surface area (Å²) in [5.41, 5.74) is 5.81. The van der Waals surface area contributed by atoms with Gasteiger partial charge in [0.25, 0.3) is 5.91 Å². The normalized spacial score (nSPS) is 20.2. The number of amides is 1. The van der Waals surface area contributed by atoms with E-state index in [1.165, 1.54) is 5.56 Å². The largest absolute Gasteiger partial charge is 0.490 e. The third-order valence-electron chi connectivity index (χ3n) is 5.09. The molecule has 3 aliphatic rings. The Bertz CT molecular complexity index is 899. The van der Waals surface area contributed by atoms with Crippen LogP contribution in [0, 0.1) is 0 Å². The van der Waals surface area contributed by atoms with Crippen LogP contribution in [0.5, 0.6) is 5.75 Å². The van der Waals surface area contributed by atoms with Gasteiger partial charge in [-0.05, 0) is 30.5 Å². The highest BCUT2D eigenvalue weighted by atomic mass is 19.4. The predicted octanol–water partition coefficient (Wildman–Crippen LogP) is 1.86. The lowest BCUT2D eigenvalue weighted by Gasteiger charge is -2.39. The number of alkyl halides is 3. The number of fused-ring (bicyclic) bond motifs is 3. The maximum atomic E-state index is 12.0. The summed E-state index contributed by atoms with van der Waals surface area (Å²) in [7, 11) is 0. The van der Waals surface area contributed by atoms with Crippen LogP contribution in [0.3, 0.4) is 0 Å². The SMILES string of the molecule is CC(C)c1cc2c(cc1NC1CNC1)N1C(=NNC(=O)C1C)CO2.O=C(O)C(F)(F)F. The summed E-state index contributed by atoms with van der Waals surface area (Å²) in [6.45, 7) is 8.56. The second-order valence-electron chi connectivity index (χ2n) is 7.70. The summed E-state index contributed by atoms with van der Waals surface area (Å²) >= 11 is 0. The topological polar surface area (TPSA) is 115 Å². The molecular weight excluding hydrogens is 419 g/mol. The number of benzene rings is 1. The lowest BCUT2D eigenvalue weighted by molar-refractivity contribution is -0.192. The van der Waals surface area contributed by atoms with Crippen LogP contribution in [0.25, 0.3) is 0 Å². The molecule has 1 atom stereocenters. The van der Waals surface area contributed by atoms with Gasteiger partial charge in [0.1, 0.15) is 18.4 Å². The molecule has 0 radical (unpaired) electrons. The number of amidine groups is 1. The van der Waals surface area contributed by atoms with Crippen molar-refractivity contribution in [1.82, 2.24) is 10.7 Å². The Balaban J connectivity index is 0.000000339. The molecule has 1 fully saturated rings. The van der Waals surface area contributed by atoms with Crippen LogP contribution in [0.4, 0.5) is 24.5 Å². The summed E-state index contributed by atoms with van der Waals surface area (Å²) in [4.78, 5) is 22.9. The number of carboxylic acids is 1. The second-order valence-corrected chi connectivity index (χ2v) is 7.70. The lowest BCUT2D eigenvalue weighted by atomic mass is 9.97. The number of nitrogens with one attached hydrogen (secondary N) is 3. The molecule has 170 valence electrons. The molecule has 0 aromatic heterocycles. The Morgan fingerprint density at radius 3 is 2.52 bits per heavy atom. The quantitative estimate of drug-likeness (QED) is 0.564. The van der Waals surface area contributed by atoms with Gasteiger partial charge < -0.3 is 25.4 Å². The van der Waals surface area contributed by atoms with Crippen LogP contribution < -0.4 is 25.7 Å². The Hall–Kier alpha value is -3.02. The van der Waals surface area contributed by atoms with Gasteiger partial charge in [-0.25, -0.2) is 10.2 Å². The predicted molar refractivity (Wildman–Crippen MR) is 108 cm³/mol. The molecule has 4 N–H and O–H groups in total. The molecule has 3 aliphatic heterocycles. The van der Waals surface area contributed by atoms with Gasteiger partial charge >= 0.3 is 12.1 Å². The molecule has 9 nitrogen and oxygen atoms in total. The van der Waals surface area contributed by atoms with Crippen molar-refractivity contribution in [3.8, 4) is 5.75 Å². The van der Waals surface area contributed by atoms with Crippen LogP contribution in [-0.4, -0.2) is 60.8 Å². The third kappa shape index (κ3) is 4.84. The number of carboxylic acid groups (broad SMARTS) is 1. The van der Waals surface area contributed by atoms with Gasteiger partial charge in [0, 0.05) is 18.8 Å². The average Bonchev–Trinajstić information content (AvgIpc) is 2.66. The number of halogens is 3. The summed E-state index contributed by atoms with van der Waals surface area (Å²) in [5.74, 6) is -0.920. The maximum absolute atomic E-state index is 12.0. The number of ether oxygens (including phenoxy) is 1. The van der Waals surface area contributed by atoms with Crippen molar-refractivity contribution < 1.29 is 32.6 Å². The van der Waals surface area contributed by atoms with Gasteiger partial charge in [-0.15, -0.1) is 0 Å². The minimum absolute atomic E-state index is 0.0998. The number of anilines is 2. The van der Waals surface area contributed by atoms with Crippen molar-refractivity contribution in [3.05, 3.63) is 17.7 Å². The zero-order chi connectivity index (χ0) is 22.9. The van der Waals surface area contributed by atoms with E-state index in [4.69, 9.17) is 14.6 Å². The molecule has 0 aliphatic carbocycles. The molecule has 1 unspecified atom stereocenters. The van der Waals surface area contributed by atoms with E-state index in [0.29, 0.717) is 18.6 Å². The molecule has 1 saturated heterocycles. The van der Waals surface area contributed by atoms with Crippen LogP contribution >= 0.6 is 0 Å². The fourth-order valence-electron chi connectivity index (χ4n) is 3.30. The minimum Gasteiger partial charge on any atom is -0.483 e. The van der Waals surface area contributed by atoms with Crippen LogP contribution in [0.1, 0.15) is 32.3 Å². The molecular formula is C19H24F3N5O4. The molecule has 12 heteroatoms. The maximum Gasteiger partial charge on any atom is 0.490 e.